The fourth-order valence-corrected chi connectivity index (χ4v) is 2.04. The molecule has 3 amide bonds. The van der Waals surface area contributed by atoms with E-state index in [0.717, 1.165) is 0 Å². The van der Waals surface area contributed by atoms with Crippen LogP contribution in [0.5, 0.6) is 0 Å². The summed E-state index contributed by atoms with van der Waals surface area (Å²) in [6, 6.07) is -2.23. The molecule has 0 saturated carbocycles. The van der Waals surface area contributed by atoms with E-state index < -0.39 is 30.0 Å². The summed E-state index contributed by atoms with van der Waals surface area (Å²) in [5, 5.41) is 16.8. The Hall–Kier alpha value is -2.05. The van der Waals surface area contributed by atoms with Crippen LogP contribution in [0.3, 0.4) is 0 Å². The van der Waals surface area contributed by atoms with Crippen molar-refractivity contribution in [3.8, 4) is 0 Å². The minimum atomic E-state index is -1.08. The average molecular weight is 327 g/mol. The fraction of sp³-hybridized carbons (Fsp3) is 0.688. The molecule has 0 radical (unpaired) electrons. The highest BCUT2D eigenvalue weighted by atomic mass is 16.4. The Bertz CT molecular complexity index is 422. The number of rotatable bonds is 10. The molecule has 2 unspecified atom stereocenters. The van der Waals surface area contributed by atoms with Gasteiger partial charge in [0.15, 0.2) is 0 Å². The molecule has 0 spiro atoms. The number of aliphatic carboxylic acids is 1. The van der Waals surface area contributed by atoms with E-state index in [1.165, 1.54) is 6.08 Å². The fourth-order valence-electron chi connectivity index (χ4n) is 2.04. The monoisotopic (exact) mass is 327 g/mol. The summed E-state index contributed by atoms with van der Waals surface area (Å²) in [6.45, 7) is 11.4. The van der Waals surface area contributed by atoms with Gasteiger partial charge < -0.3 is 21.1 Å². The third-order valence-corrected chi connectivity index (χ3v) is 3.06. The van der Waals surface area contributed by atoms with Crippen LogP contribution < -0.4 is 16.0 Å². The number of hydrogen-bond donors (Lipinski definition) is 4. The standard InChI is InChI=1S/C16H29N3O4/c1-6-7-17-16(23)19-12(8-10(2)3)14(20)18-13(15(21)22)9-11(4)5/h6,10-13H,1,7-9H2,2-5H3,(H,18,20)(H,21,22)(H2,17,19,23). The Morgan fingerprint density at radius 2 is 1.52 bits per heavy atom. The molecule has 0 aliphatic heterocycles. The smallest absolute Gasteiger partial charge is 0.326 e. The van der Waals surface area contributed by atoms with Crippen molar-refractivity contribution < 1.29 is 19.5 Å². The number of amides is 3. The summed E-state index contributed by atoms with van der Waals surface area (Å²) < 4.78 is 0. The van der Waals surface area contributed by atoms with E-state index in [-0.39, 0.29) is 18.4 Å². The molecule has 0 heterocycles. The van der Waals surface area contributed by atoms with Gasteiger partial charge in [0.25, 0.3) is 0 Å². The van der Waals surface area contributed by atoms with Crippen molar-refractivity contribution in [3.05, 3.63) is 12.7 Å². The zero-order valence-electron chi connectivity index (χ0n) is 14.4. The maximum absolute atomic E-state index is 12.3. The molecule has 7 nitrogen and oxygen atoms in total. The zero-order valence-corrected chi connectivity index (χ0v) is 14.4. The number of carbonyl (C=O) groups excluding carboxylic acids is 2. The Balaban J connectivity index is 4.86. The molecule has 0 aromatic heterocycles. The molecule has 0 bridgehead atoms. The van der Waals surface area contributed by atoms with Crippen LogP contribution in [0.4, 0.5) is 4.79 Å². The molecule has 0 aliphatic rings. The van der Waals surface area contributed by atoms with E-state index >= 15 is 0 Å². The summed E-state index contributed by atoms with van der Waals surface area (Å²) in [7, 11) is 0. The lowest BCUT2D eigenvalue weighted by Crippen LogP contribution is -2.54. The van der Waals surface area contributed by atoms with Crippen molar-refractivity contribution >= 4 is 17.9 Å². The highest BCUT2D eigenvalue weighted by Gasteiger charge is 2.27. The van der Waals surface area contributed by atoms with Gasteiger partial charge in [0.1, 0.15) is 12.1 Å². The van der Waals surface area contributed by atoms with Crippen LogP contribution >= 0.6 is 0 Å². The highest BCUT2D eigenvalue weighted by molar-refractivity contribution is 5.90. The van der Waals surface area contributed by atoms with Gasteiger partial charge in [-0.2, -0.15) is 0 Å². The first-order valence-corrected chi connectivity index (χ1v) is 7.85. The third kappa shape index (κ3) is 9.55. The number of carboxylic acid groups (broad SMARTS) is 1. The number of hydrogen-bond acceptors (Lipinski definition) is 3. The molecule has 4 N–H and O–H groups in total. The zero-order chi connectivity index (χ0) is 18.0. The molecule has 7 heteroatoms. The molecule has 0 aromatic carbocycles. The quantitative estimate of drug-likeness (QED) is 0.456. The van der Waals surface area contributed by atoms with E-state index in [0.29, 0.717) is 12.8 Å². The first kappa shape index (κ1) is 20.9. The predicted octanol–water partition coefficient (Wildman–Crippen LogP) is 1.50. The van der Waals surface area contributed by atoms with Crippen LogP contribution in [0.2, 0.25) is 0 Å². The van der Waals surface area contributed by atoms with E-state index in [4.69, 9.17) is 0 Å². The molecule has 132 valence electrons. The van der Waals surface area contributed by atoms with Gasteiger partial charge in [0.2, 0.25) is 5.91 Å². The van der Waals surface area contributed by atoms with Crippen LogP contribution in [0.25, 0.3) is 0 Å². The number of carboxylic acids is 1. The summed E-state index contributed by atoms with van der Waals surface area (Å²) in [5.41, 5.74) is 0. The van der Waals surface area contributed by atoms with Gasteiger partial charge in [-0.15, -0.1) is 6.58 Å². The Kier molecular flexibility index (Phi) is 9.69. The lowest BCUT2D eigenvalue weighted by Gasteiger charge is -2.23. The van der Waals surface area contributed by atoms with Gasteiger partial charge in [-0.25, -0.2) is 9.59 Å². The maximum Gasteiger partial charge on any atom is 0.326 e. The van der Waals surface area contributed by atoms with Crippen molar-refractivity contribution in [1.82, 2.24) is 16.0 Å². The van der Waals surface area contributed by atoms with Gasteiger partial charge in [0.05, 0.1) is 0 Å². The molecule has 0 rings (SSSR count). The van der Waals surface area contributed by atoms with Gasteiger partial charge in [-0.3, -0.25) is 4.79 Å². The predicted molar refractivity (Wildman–Crippen MR) is 89.0 cm³/mol. The Labute approximate surface area is 137 Å². The van der Waals surface area contributed by atoms with Crippen molar-refractivity contribution in [2.45, 2.75) is 52.6 Å². The molecule has 0 saturated heterocycles. The normalized spacial score (nSPS) is 13.3. The van der Waals surface area contributed by atoms with Gasteiger partial charge in [0, 0.05) is 6.54 Å². The van der Waals surface area contributed by atoms with Crippen molar-refractivity contribution in [1.29, 1.82) is 0 Å². The third-order valence-electron chi connectivity index (χ3n) is 3.06. The molecule has 23 heavy (non-hydrogen) atoms. The average Bonchev–Trinajstić information content (AvgIpc) is 2.42. The van der Waals surface area contributed by atoms with Crippen LogP contribution in [-0.2, 0) is 9.59 Å². The molecule has 0 aliphatic carbocycles. The van der Waals surface area contributed by atoms with E-state index in [9.17, 15) is 19.5 Å². The van der Waals surface area contributed by atoms with E-state index in [1.54, 1.807) is 0 Å². The summed E-state index contributed by atoms with van der Waals surface area (Å²) in [4.78, 5) is 35.3. The van der Waals surface area contributed by atoms with Crippen LogP contribution in [-0.4, -0.2) is 41.6 Å². The molecule has 0 fully saturated rings. The number of carbonyl (C=O) groups is 3. The minimum absolute atomic E-state index is 0.129. The topological polar surface area (TPSA) is 108 Å². The van der Waals surface area contributed by atoms with Crippen molar-refractivity contribution in [2.75, 3.05) is 6.54 Å². The minimum Gasteiger partial charge on any atom is -0.480 e. The SMILES string of the molecule is C=CCNC(=O)NC(CC(C)C)C(=O)NC(CC(C)C)C(=O)O. The Morgan fingerprint density at radius 1 is 1.00 bits per heavy atom. The molecule has 0 aromatic rings. The highest BCUT2D eigenvalue weighted by Crippen LogP contribution is 2.08. The second-order valence-electron chi connectivity index (χ2n) is 6.35. The Morgan fingerprint density at radius 3 is 1.96 bits per heavy atom. The molecular formula is C16H29N3O4. The largest absolute Gasteiger partial charge is 0.480 e. The van der Waals surface area contributed by atoms with Gasteiger partial charge >= 0.3 is 12.0 Å². The second kappa shape index (κ2) is 10.6. The van der Waals surface area contributed by atoms with Crippen LogP contribution in [0.1, 0.15) is 40.5 Å². The number of urea groups is 1. The van der Waals surface area contributed by atoms with Gasteiger partial charge in [-0.05, 0) is 24.7 Å². The number of nitrogens with one attached hydrogen (secondary N) is 3. The lowest BCUT2D eigenvalue weighted by molar-refractivity contribution is -0.142. The van der Waals surface area contributed by atoms with Crippen LogP contribution in [0.15, 0.2) is 12.7 Å². The summed E-state index contributed by atoms with van der Waals surface area (Å²) in [6.07, 6.45) is 2.28. The van der Waals surface area contributed by atoms with Crippen LogP contribution in [0, 0.1) is 11.8 Å². The van der Waals surface area contributed by atoms with Crippen molar-refractivity contribution in [2.24, 2.45) is 11.8 Å². The maximum atomic E-state index is 12.3. The van der Waals surface area contributed by atoms with E-state index in [2.05, 4.69) is 22.5 Å². The summed E-state index contributed by atoms with van der Waals surface area (Å²) in [5.74, 6) is -1.27. The lowest BCUT2D eigenvalue weighted by atomic mass is 10.0. The molecule has 2 atom stereocenters. The first-order valence-electron chi connectivity index (χ1n) is 7.85. The van der Waals surface area contributed by atoms with E-state index in [1.807, 2.05) is 27.7 Å². The van der Waals surface area contributed by atoms with Gasteiger partial charge in [-0.1, -0.05) is 33.8 Å². The molecular weight excluding hydrogens is 298 g/mol. The first-order chi connectivity index (χ1) is 10.7. The summed E-state index contributed by atoms with van der Waals surface area (Å²) >= 11 is 0. The second-order valence-corrected chi connectivity index (χ2v) is 6.35. The van der Waals surface area contributed by atoms with Crippen molar-refractivity contribution in [3.63, 3.8) is 0 Å².